The molecule has 26 heavy (non-hydrogen) atoms. The van der Waals surface area contributed by atoms with Gasteiger partial charge in [0.05, 0.1) is 23.7 Å². The lowest BCUT2D eigenvalue weighted by atomic mass is 9.82. The van der Waals surface area contributed by atoms with Gasteiger partial charge in [0.1, 0.15) is 0 Å². The summed E-state index contributed by atoms with van der Waals surface area (Å²) in [7, 11) is -2.83. The zero-order valence-electron chi connectivity index (χ0n) is 15.3. The maximum absolute atomic E-state index is 11.7. The Kier molecular flexibility index (Phi) is 7.05. The van der Waals surface area contributed by atoms with Gasteiger partial charge >= 0.3 is 0 Å². The Bertz CT molecular complexity index is 613. The summed E-state index contributed by atoms with van der Waals surface area (Å²) in [5.41, 5.74) is 0. The fourth-order valence-electron chi connectivity index (χ4n) is 4.90. The number of nitrogens with one attached hydrogen (secondary N) is 1. The van der Waals surface area contributed by atoms with Crippen LogP contribution in [0.3, 0.4) is 0 Å². The van der Waals surface area contributed by atoms with Crippen molar-refractivity contribution in [3.05, 3.63) is 0 Å². The summed E-state index contributed by atoms with van der Waals surface area (Å²) in [6.45, 7) is 3.58. The number of halogens is 1. The molecule has 4 heterocycles. The Morgan fingerprint density at radius 1 is 1.23 bits per heavy atom. The van der Waals surface area contributed by atoms with Crippen LogP contribution in [0.25, 0.3) is 0 Å². The smallest absolute Gasteiger partial charge is 0.193 e. The molecule has 0 saturated carbocycles. The number of thioether (sulfide) groups is 1. The molecule has 0 aromatic heterocycles. The van der Waals surface area contributed by atoms with Crippen LogP contribution in [-0.2, 0) is 14.6 Å². The number of nitrogens with zero attached hydrogens (tertiary/aromatic N) is 2. The third-order valence-electron chi connectivity index (χ3n) is 6.17. The largest absolute Gasteiger partial charge is 0.374 e. The van der Waals surface area contributed by atoms with Gasteiger partial charge in [-0.2, -0.15) is 11.8 Å². The second kappa shape index (κ2) is 8.73. The highest BCUT2D eigenvalue weighted by atomic mass is 127. The number of sulfone groups is 1. The fourth-order valence-corrected chi connectivity index (χ4v) is 7.05. The molecule has 6 nitrogen and oxygen atoms in total. The maximum atomic E-state index is 11.7. The minimum Gasteiger partial charge on any atom is -0.374 e. The van der Waals surface area contributed by atoms with Gasteiger partial charge in [-0.05, 0) is 31.4 Å². The van der Waals surface area contributed by atoms with E-state index in [2.05, 4.69) is 16.5 Å². The van der Waals surface area contributed by atoms with Crippen molar-refractivity contribution in [1.29, 1.82) is 0 Å². The minimum absolute atomic E-state index is 0. The monoisotopic (exact) mass is 515 g/mol. The van der Waals surface area contributed by atoms with Gasteiger partial charge in [-0.1, -0.05) is 0 Å². The van der Waals surface area contributed by atoms with Crippen molar-refractivity contribution in [3.63, 3.8) is 0 Å². The second-order valence-electron chi connectivity index (χ2n) is 7.88. The lowest BCUT2D eigenvalue weighted by molar-refractivity contribution is 0.0767. The SMILES string of the molecule is CSCCNC(=NCC1CCS(=O)(=O)C1)N1CC2C3CCC(O3)C2C1.I. The number of fused-ring (bicyclic) bond motifs is 5. The summed E-state index contributed by atoms with van der Waals surface area (Å²) in [5, 5.41) is 3.51. The molecule has 0 aliphatic carbocycles. The first-order chi connectivity index (χ1) is 12.1. The quantitative estimate of drug-likeness (QED) is 0.259. The van der Waals surface area contributed by atoms with Crippen LogP contribution in [0.2, 0.25) is 0 Å². The molecule has 0 aromatic rings. The van der Waals surface area contributed by atoms with Gasteiger partial charge in [0, 0.05) is 43.8 Å². The summed E-state index contributed by atoms with van der Waals surface area (Å²) in [4.78, 5) is 7.24. The third kappa shape index (κ3) is 4.46. The summed E-state index contributed by atoms with van der Waals surface area (Å²) >= 11 is 1.82. The van der Waals surface area contributed by atoms with Crippen LogP contribution in [0, 0.1) is 17.8 Å². The van der Waals surface area contributed by atoms with Crippen molar-refractivity contribution >= 4 is 51.5 Å². The van der Waals surface area contributed by atoms with E-state index in [4.69, 9.17) is 9.73 Å². The predicted octanol–water partition coefficient (Wildman–Crippen LogP) is 1.46. The second-order valence-corrected chi connectivity index (χ2v) is 11.1. The Balaban J connectivity index is 0.00000196. The van der Waals surface area contributed by atoms with Crippen molar-refractivity contribution in [2.75, 3.05) is 49.7 Å². The fraction of sp³-hybridized carbons (Fsp3) is 0.941. The molecule has 4 saturated heterocycles. The van der Waals surface area contributed by atoms with Crippen LogP contribution in [0.1, 0.15) is 19.3 Å². The van der Waals surface area contributed by atoms with Crippen LogP contribution >= 0.6 is 35.7 Å². The highest BCUT2D eigenvalue weighted by Gasteiger charge is 2.53. The van der Waals surface area contributed by atoms with E-state index in [1.165, 1.54) is 12.8 Å². The van der Waals surface area contributed by atoms with E-state index < -0.39 is 9.84 Å². The topological polar surface area (TPSA) is 71.0 Å². The molecular formula is C17H30IN3O3S2. The van der Waals surface area contributed by atoms with Crippen molar-refractivity contribution < 1.29 is 13.2 Å². The number of aliphatic imine (C=N–C) groups is 1. The molecule has 2 bridgehead atoms. The van der Waals surface area contributed by atoms with E-state index in [9.17, 15) is 8.42 Å². The number of hydrogen-bond donors (Lipinski definition) is 1. The van der Waals surface area contributed by atoms with Gasteiger partial charge < -0.3 is 15.0 Å². The molecule has 150 valence electrons. The lowest BCUT2D eigenvalue weighted by Gasteiger charge is -2.24. The average molecular weight is 515 g/mol. The van der Waals surface area contributed by atoms with Crippen molar-refractivity contribution in [1.82, 2.24) is 10.2 Å². The van der Waals surface area contributed by atoms with Crippen molar-refractivity contribution in [2.45, 2.75) is 31.5 Å². The van der Waals surface area contributed by atoms with Crippen molar-refractivity contribution in [2.24, 2.45) is 22.7 Å². The summed E-state index contributed by atoms with van der Waals surface area (Å²) < 4.78 is 29.4. The number of hydrogen-bond acceptors (Lipinski definition) is 5. The normalized spacial score (nSPS) is 37.7. The van der Waals surface area contributed by atoms with Gasteiger partial charge in [-0.25, -0.2) is 8.42 Å². The van der Waals surface area contributed by atoms with E-state index in [0.29, 0.717) is 42.1 Å². The minimum atomic E-state index is -2.83. The number of rotatable bonds is 5. The summed E-state index contributed by atoms with van der Waals surface area (Å²) in [5.74, 6) is 4.15. The van der Waals surface area contributed by atoms with Gasteiger partial charge in [-0.15, -0.1) is 24.0 Å². The summed E-state index contributed by atoms with van der Waals surface area (Å²) in [6, 6.07) is 0. The van der Waals surface area contributed by atoms with Crippen molar-refractivity contribution in [3.8, 4) is 0 Å². The maximum Gasteiger partial charge on any atom is 0.193 e. The molecule has 0 aromatic carbocycles. The first-order valence-corrected chi connectivity index (χ1v) is 12.7. The first-order valence-electron chi connectivity index (χ1n) is 9.44. The Morgan fingerprint density at radius 2 is 1.92 bits per heavy atom. The van der Waals surface area contributed by atoms with Gasteiger partial charge in [0.2, 0.25) is 0 Å². The Morgan fingerprint density at radius 3 is 2.50 bits per heavy atom. The van der Waals surface area contributed by atoms with Gasteiger partial charge in [0.25, 0.3) is 0 Å². The first kappa shape index (κ1) is 21.0. The molecule has 4 rings (SSSR count). The highest BCUT2D eigenvalue weighted by molar-refractivity contribution is 14.0. The van der Waals surface area contributed by atoms with Gasteiger partial charge in [-0.3, -0.25) is 4.99 Å². The standard InChI is InChI=1S/C17H29N3O3S2.HI/c1-24-6-5-18-17(19-8-12-4-7-25(21,22)11-12)20-9-13-14(10-20)16-3-2-15(13)23-16;/h12-16H,2-11H2,1H3,(H,18,19);1H. The number of likely N-dealkylation sites (tertiary alicyclic amines) is 1. The van der Waals surface area contributed by atoms with E-state index in [-0.39, 0.29) is 29.9 Å². The van der Waals surface area contributed by atoms with Crippen LogP contribution in [0.4, 0.5) is 0 Å². The zero-order chi connectivity index (χ0) is 17.4. The average Bonchev–Trinajstić information content (AvgIpc) is 3.31. The molecule has 9 heteroatoms. The van der Waals surface area contributed by atoms with E-state index in [0.717, 1.165) is 37.8 Å². The molecule has 1 N–H and O–H groups in total. The third-order valence-corrected chi connectivity index (χ3v) is 8.62. The van der Waals surface area contributed by atoms with Crippen LogP contribution < -0.4 is 5.32 Å². The molecular weight excluding hydrogens is 485 g/mol. The molecule has 0 radical (unpaired) electrons. The molecule has 4 aliphatic heterocycles. The molecule has 0 amide bonds. The number of ether oxygens (including phenoxy) is 1. The Labute approximate surface area is 178 Å². The van der Waals surface area contributed by atoms with Crippen LogP contribution in [0.5, 0.6) is 0 Å². The molecule has 0 spiro atoms. The van der Waals surface area contributed by atoms with E-state index in [1.807, 2.05) is 11.8 Å². The predicted molar refractivity (Wildman–Crippen MR) is 117 cm³/mol. The summed E-state index contributed by atoms with van der Waals surface area (Å²) in [6.07, 6.45) is 6.20. The van der Waals surface area contributed by atoms with E-state index in [1.54, 1.807) is 0 Å². The Hall–Kier alpha value is 0.260. The van der Waals surface area contributed by atoms with Crippen LogP contribution in [-0.4, -0.2) is 81.2 Å². The van der Waals surface area contributed by atoms with E-state index >= 15 is 0 Å². The zero-order valence-corrected chi connectivity index (χ0v) is 19.3. The molecule has 4 aliphatic rings. The van der Waals surface area contributed by atoms with Gasteiger partial charge in [0.15, 0.2) is 15.8 Å². The highest BCUT2D eigenvalue weighted by Crippen LogP contribution is 2.47. The molecule has 4 fully saturated rings. The van der Waals surface area contributed by atoms with Crippen LogP contribution in [0.15, 0.2) is 4.99 Å². The number of guanidine groups is 1. The molecule has 5 unspecified atom stereocenters. The molecule has 5 atom stereocenters. The lowest BCUT2D eigenvalue weighted by Crippen LogP contribution is -2.42.